The summed E-state index contributed by atoms with van der Waals surface area (Å²) < 4.78 is 0. The average molecular weight is 208 g/mol. The molecule has 0 aliphatic heterocycles. The van der Waals surface area contributed by atoms with Gasteiger partial charge in [0.1, 0.15) is 0 Å². The second-order valence-electron chi connectivity index (χ2n) is 3.02. The van der Waals surface area contributed by atoms with Gasteiger partial charge < -0.3 is 5.11 Å². The van der Waals surface area contributed by atoms with Gasteiger partial charge in [-0.2, -0.15) is 0 Å². The molecule has 0 saturated carbocycles. The van der Waals surface area contributed by atoms with Gasteiger partial charge in [-0.25, -0.2) is 0 Å². The van der Waals surface area contributed by atoms with Crippen LogP contribution in [0.1, 0.15) is 19.3 Å². The molecular formula is C12H16OS. The third-order valence-corrected chi connectivity index (χ3v) is 2.70. The molecule has 76 valence electrons. The van der Waals surface area contributed by atoms with Crippen molar-refractivity contribution in [1.29, 1.82) is 0 Å². The van der Waals surface area contributed by atoms with Gasteiger partial charge in [-0.05, 0) is 36.8 Å². The third-order valence-electron chi connectivity index (χ3n) is 1.82. The fourth-order valence-corrected chi connectivity index (χ4v) is 1.77. The summed E-state index contributed by atoms with van der Waals surface area (Å²) in [5.41, 5.74) is 0. The Kier molecular flexibility index (Phi) is 6.20. The van der Waals surface area contributed by atoms with Crippen LogP contribution >= 0.6 is 11.8 Å². The molecule has 0 bridgehead atoms. The fourth-order valence-electron chi connectivity index (χ4n) is 1.07. The van der Waals surface area contributed by atoms with Crippen molar-refractivity contribution in [3.63, 3.8) is 0 Å². The van der Waals surface area contributed by atoms with E-state index >= 15 is 0 Å². The van der Waals surface area contributed by atoms with Gasteiger partial charge in [0.05, 0.1) is 0 Å². The van der Waals surface area contributed by atoms with Crippen molar-refractivity contribution in [2.45, 2.75) is 24.2 Å². The second-order valence-corrected chi connectivity index (χ2v) is 4.00. The summed E-state index contributed by atoms with van der Waals surface area (Å²) in [5.74, 6) is 0. The number of aliphatic hydroxyl groups excluding tert-OH is 1. The van der Waals surface area contributed by atoms with Crippen molar-refractivity contribution in [1.82, 2.24) is 0 Å². The SMILES string of the molecule is OCCCCC=CSc1ccccc1. The largest absolute Gasteiger partial charge is 0.396 e. The molecule has 0 heterocycles. The van der Waals surface area contributed by atoms with Crippen molar-refractivity contribution in [2.24, 2.45) is 0 Å². The van der Waals surface area contributed by atoms with Gasteiger partial charge >= 0.3 is 0 Å². The van der Waals surface area contributed by atoms with Crippen LogP contribution < -0.4 is 0 Å². The van der Waals surface area contributed by atoms with Crippen LogP contribution in [0.25, 0.3) is 0 Å². The first-order chi connectivity index (χ1) is 6.93. The van der Waals surface area contributed by atoms with Crippen LogP contribution in [0.2, 0.25) is 0 Å². The Bertz CT molecular complexity index is 256. The van der Waals surface area contributed by atoms with E-state index in [1.165, 1.54) is 4.90 Å². The lowest BCUT2D eigenvalue weighted by molar-refractivity contribution is 0.285. The molecule has 14 heavy (non-hydrogen) atoms. The molecule has 1 N–H and O–H groups in total. The van der Waals surface area contributed by atoms with E-state index in [4.69, 9.17) is 5.11 Å². The molecule has 2 heteroatoms. The van der Waals surface area contributed by atoms with E-state index in [1.807, 2.05) is 18.2 Å². The Morgan fingerprint density at radius 2 is 1.93 bits per heavy atom. The van der Waals surface area contributed by atoms with Crippen molar-refractivity contribution in [3.8, 4) is 0 Å². The molecule has 0 atom stereocenters. The van der Waals surface area contributed by atoms with Gasteiger partial charge in [0.15, 0.2) is 0 Å². The number of hydrogen-bond donors (Lipinski definition) is 1. The van der Waals surface area contributed by atoms with E-state index in [-0.39, 0.29) is 0 Å². The molecule has 0 aliphatic rings. The van der Waals surface area contributed by atoms with Crippen molar-refractivity contribution in [2.75, 3.05) is 6.61 Å². The third kappa shape index (κ3) is 5.10. The van der Waals surface area contributed by atoms with Crippen LogP contribution in [-0.2, 0) is 0 Å². The van der Waals surface area contributed by atoms with E-state index in [0.717, 1.165) is 19.3 Å². The maximum Gasteiger partial charge on any atom is 0.0431 e. The molecule has 1 rings (SSSR count). The molecule has 0 aromatic heterocycles. The zero-order valence-corrected chi connectivity index (χ0v) is 9.04. The fraction of sp³-hybridized carbons (Fsp3) is 0.333. The van der Waals surface area contributed by atoms with Gasteiger partial charge in [0.2, 0.25) is 0 Å². The van der Waals surface area contributed by atoms with E-state index in [2.05, 4.69) is 23.6 Å². The highest BCUT2D eigenvalue weighted by molar-refractivity contribution is 8.02. The van der Waals surface area contributed by atoms with Crippen LogP contribution in [0.5, 0.6) is 0 Å². The number of allylic oxidation sites excluding steroid dienone is 1. The van der Waals surface area contributed by atoms with Crippen LogP contribution in [0.3, 0.4) is 0 Å². The lowest BCUT2D eigenvalue weighted by Crippen LogP contribution is -1.79. The summed E-state index contributed by atoms with van der Waals surface area (Å²) in [6.45, 7) is 0.305. The molecular weight excluding hydrogens is 192 g/mol. The molecule has 0 aliphatic carbocycles. The molecule has 0 amide bonds. The summed E-state index contributed by atoms with van der Waals surface area (Å²) in [7, 11) is 0. The van der Waals surface area contributed by atoms with Gasteiger partial charge in [0, 0.05) is 11.5 Å². The van der Waals surface area contributed by atoms with Gasteiger partial charge in [0.25, 0.3) is 0 Å². The smallest absolute Gasteiger partial charge is 0.0431 e. The normalized spacial score (nSPS) is 10.9. The number of aliphatic hydroxyl groups is 1. The standard InChI is InChI=1S/C12H16OS/c13-10-6-1-2-7-11-14-12-8-4-3-5-9-12/h3-5,7-9,11,13H,1-2,6,10H2. The number of hydrogen-bond acceptors (Lipinski definition) is 2. The highest BCUT2D eigenvalue weighted by atomic mass is 32.2. The van der Waals surface area contributed by atoms with E-state index < -0.39 is 0 Å². The summed E-state index contributed by atoms with van der Waals surface area (Å²) in [5, 5.41) is 10.7. The summed E-state index contributed by atoms with van der Waals surface area (Å²) >= 11 is 1.74. The average Bonchev–Trinajstić information content (AvgIpc) is 2.25. The zero-order valence-electron chi connectivity index (χ0n) is 8.23. The lowest BCUT2D eigenvalue weighted by atomic mass is 10.2. The van der Waals surface area contributed by atoms with E-state index in [1.54, 1.807) is 11.8 Å². The molecule has 0 saturated heterocycles. The number of thioether (sulfide) groups is 1. The molecule has 1 nitrogen and oxygen atoms in total. The van der Waals surface area contributed by atoms with Crippen LogP contribution in [0.4, 0.5) is 0 Å². The predicted molar refractivity (Wildman–Crippen MR) is 62.4 cm³/mol. The quantitative estimate of drug-likeness (QED) is 0.570. The Morgan fingerprint density at radius 1 is 1.14 bits per heavy atom. The minimum absolute atomic E-state index is 0.305. The minimum atomic E-state index is 0.305. The molecule has 1 aromatic rings. The molecule has 0 unspecified atom stereocenters. The molecule has 0 radical (unpaired) electrons. The Hall–Kier alpha value is -0.730. The zero-order chi connectivity index (χ0) is 10.1. The van der Waals surface area contributed by atoms with Crippen molar-refractivity contribution < 1.29 is 5.11 Å². The van der Waals surface area contributed by atoms with Crippen LogP contribution in [-0.4, -0.2) is 11.7 Å². The first-order valence-corrected chi connectivity index (χ1v) is 5.79. The van der Waals surface area contributed by atoms with E-state index in [0.29, 0.717) is 6.61 Å². The molecule has 0 spiro atoms. The topological polar surface area (TPSA) is 20.2 Å². The van der Waals surface area contributed by atoms with Crippen molar-refractivity contribution in [3.05, 3.63) is 41.8 Å². The number of rotatable bonds is 6. The Labute approximate surface area is 89.8 Å². The highest BCUT2D eigenvalue weighted by Gasteiger charge is 1.86. The van der Waals surface area contributed by atoms with Crippen molar-refractivity contribution >= 4 is 11.8 Å². The monoisotopic (exact) mass is 208 g/mol. The highest BCUT2D eigenvalue weighted by Crippen LogP contribution is 2.18. The van der Waals surface area contributed by atoms with Gasteiger partial charge in [-0.1, -0.05) is 36.0 Å². The maximum absolute atomic E-state index is 8.57. The Morgan fingerprint density at radius 3 is 2.64 bits per heavy atom. The molecule has 0 fully saturated rings. The first kappa shape index (κ1) is 11.3. The van der Waals surface area contributed by atoms with Crippen LogP contribution in [0.15, 0.2) is 46.7 Å². The Balaban J connectivity index is 2.14. The summed E-state index contributed by atoms with van der Waals surface area (Å²) in [6.07, 6.45) is 5.19. The van der Waals surface area contributed by atoms with Crippen LogP contribution in [0, 0.1) is 0 Å². The lowest BCUT2D eigenvalue weighted by Gasteiger charge is -1.94. The maximum atomic E-state index is 8.57. The summed E-state index contributed by atoms with van der Waals surface area (Å²) in [4.78, 5) is 1.27. The number of unbranched alkanes of at least 4 members (excludes halogenated alkanes) is 2. The molecule has 1 aromatic carbocycles. The number of benzene rings is 1. The predicted octanol–water partition coefficient (Wildman–Crippen LogP) is 3.46. The van der Waals surface area contributed by atoms with Gasteiger partial charge in [-0.15, -0.1) is 0 Å². The minimum Gasteiger partial charge on any atom is -0.396 e. The van der Waals surface area contributed by atoms with E-state index in [9.17, 15) is 0 Å². The summed E-state index contributed by atoms with van der Waals surface area (Å²) in [6, 6.07) is 10.3. The van der Waals surface area contributed by atoms with Gasteiger partial charge in [-0.3, -0.25) is 0 Å². The second kappa shape index (κ2) is 7.65. The first-order valence-electron chi connectivity index (χ1n) is 4.91.